The third-order valence-corrected chi connectivity index (χ3v) is 10.7. The van der Waals surface area contributed by atoms with Crippen LogP contribution in [0, 0.1) is 0 Å². The molecule has 8 aromatic rings. The molecule has 0 saturated heterocycles. The van der Waals surface area contributed by atoms with Crippen molar-refractivity contribution in [3.8, 4) is 11.1 Å². The molecule has 1 aliphatic carbocycles. The standard InChI is InChI=1S/C54H42N2/c1-2-3-5-18-46-36-50(45-29-27-39-14-8-10-16-42(39)33-45)51-35-44(31-32-49(51)54(46)47-30-28-40-15-9-11-17-43(40)34-47)41-25-23-38(24-26-41)37-55-52-21-12-13-22-53(52)56-48-19-6-4-7-20-48/h2-35,55-56H,1,36-37H2/b5-3-,46-18+. The van der Waals surface area contributed by atoms with Gasteiger partial charge in [-0.15, -0.1) is 0 Å². The molecule has 0 aromatic heterocycles. The Balaban J connectivity index is 1.13. The van der Waals surface area contributed by atoms with Crippen LogP contribution in [0.2, 0.25) is 0 Å². The van der Waals surface area contributed by atoms with Gasteiger partial charge in [0.15, 0.2) is 0 Å². The van der Waals surface area contributed by atoms with E-state index in [1.165, 1.54) is 76.5 Å². The van der Waals surface area contributed by atoms with Gasteiger partial charge in [0.1, 0.15) is 0 Å². The van der Waals surface area contributed by atoms with Crippen molar-refractivity contribution >= 4 is 49.8 Å². The van der Waals surface area contributed by atoms with Crippen molar-refractivity contribution in [3.05, 3.63) is 246 Å². The summed E-state index contributed by atoms with van der Waals surface area (Å²) in [6.45, 7) is 4.65. The summed E-state index contributed by atoms with van der Waals surface area (Å²) in [7, 11) is 0. The van der Waals surface area contributed by atoms with Gasteiger partial charge in [0.2, 0.25) is 0 Å². The SMILES string of the molecule is C=C/C=C\C=C1/CC(c2ccc3ccccc3c2)=c2cc(-c3ccc(CNc4ccccc4Nc4ccccc4)cc3)ccc2=C1c1ccc2ccccc2c1. The Morgan fingerprint density at radius 3 is 1.82 bits per heavy atom. The Bertz CT molecular complexity index is 2910. The first-order valence-electron chi connectivity index (χ1n) is 19.3. The predicted octanol–water partition coefficient (Wildman–Crippen LogP) is 12.5. The smallest absolute Gasteiger partial charge is 0.0620 e. The van der Waals surface area contributed by atoms with Gasteiger partial charge in [0, 0.05) is 12.2 Å². The van der Waals surface area contributed by atoms with Gasteiger partial charge < -0.3 is 10.6 Å². The highest BCUT2D eigenvalue weighted by molar-refractivity contribution is 5.93. The van der Waals surface area contributed by atoms with Gasteiger partial charge >= 0.3 is 0 Å². The van der Waals surface area contributed by atoms with E-state index in [0.29, 0.717) is 0 Å². The summed E-state index contributed by atoms with van der Waals surface area (Å²) in [4.78, 5) is 0. The van der Waals surface area contributed by atoms with E-state index >= 15 is 0 Å². The third-order valence-electron chi connectivity index (χ3n) is 10.7. The highest BCUT2D eigenvalue weighted by Crippen LogP contribution is 2.34. The number of rotatable bonds is 10. The predicted molar refractivity (Wildman–Crippen MR) is 240 cm³/mol. The molecule has 2 N–H and O–H groups in total. The first-order valence-corrected chi connectivity index (χ1v) is 19.3. The number of allylic oxidation sites excluding steroid dienone is 5. The molecule has 9 rings (SSSR count). The quantitative estimate of drug-likeness (QED) is 0.138. The second kappa shape index (κ2) is 15.7. The number of hydrogen-bond acceptors (Lipinski definition) is 2. The third kappa shape index (κ3) is 7.21. The molecule has 56 heavy (non-hydrogen) atoms. The lowest BCUT2D eigenvalue weighted by molar-refractivity contribution is 1.15. The zero-order valence-electron chi connectivity index (χ0n) is 31.3. The molecule has 0 amide bonds. The Hall–Kier alpha value is -7.16. The van der Waals surface area contributed by atoms with Gasteiger partial charge in [-0.1, -0.05) is 170 Å². The number of hydrogen-bond donors (Lipinski definition) is 2. The van der Waals surface area contributed by atoms with Crippen LogP contribution in [0.4, 0.5) is 17.1 Å². The van der Waals surface area contributed by atoms with Crippen molar-refractivity contribution in [2.24, 2.45) is 0 Å². The van der Waals surface area contributed by atoms with E-state index in [0.717, 1.165) is 30.0 Å². The summed E-state index contributed by atoms with van der Waals surface area (Å²) in [6, 6.07) is 65.7. The van der Waals surface area contributed by atoms with Crippen molar-refractivity contribution in [1.29, 1.82) is 0 Å². The van der Waals surface area contributed by atoms with E-state index in [9.17, 15) is 0 Å². The van der Waals surface area contributed by atoms with Crippen LogP contribution < -0.4 is 21.1 Å². The molecule has 2 nitrogen and oxygen atoms in total. The Labute approximate surface area is 328 Å². The molecule has 0 bridgehead atoms. The second-order valence-corrected chi connectivity index (χ2v) is 14.3. The van der Waals surface area contributed by atoms with Crippen molar-refractivity contribution in [2.45, 2.75) is 13.0 Å². The molecule has 1 aliphatic rings. The lowest BCUT2D eigenvalue weighted by Gasteiger charge is -2.22. The molecule has 0 fully saturated rings. The van der Waals surface area contributed by atoms with Crippen LogP contribution in [0.25, 0.3) is 43.8 Å². The molecule has 8 aromatic carbocycles. The van der Waals surface area contributed by atoms with Crippen LogP contribution in [-0.2, 0) is 6.54 Å². The fourth-order valence-corrected chi connectivity index (χ4v) is 7.89. The molecular weight excluding hydrogens is 677 g/mol. The van der Waals surface area contributed by atoms with Gasteiger partial charge in [-0.25, -0.2) is 0 Å². The van der Waals surface area contributed by atoms with Crippen molar-refractivity contribution in [3.63, 3.8) is 0 Å². The monoisotopic (exact) mass is 718 g/mol. The highest BCUT2D eigenvalue weighted by atomic mass is 15.0. The largest absolute Gasteiger partial charge is 0.379 e. The minimum absolute atomic E-state index is 0.720. The molecule has 0 spiro atoms. The fraction of sp³-hybridized carbons (Fsp3) is 0.0370. The van der Waals surface area contributed by atoms with Crippen LogP contribution in [0.3, 0.4) is 0 Å². The van der Waals surface area contributed by atoms with Crippen molar-refractivity contribution < 1.29 is 0 Å². The van der Waals surface area contributed by atoms with Crippen LogP contribution >= 0.6 is 0 Å². The first-order chi connectivity index (χ1) is 27.7. The van der Waals surface area contributed by atoms with E-state index in [2.05, 4.69) is 193 Å². The van der Waals surface area contributed by atoms with Gasteiger partial charge in [-0.2, -0.15) is 0 Å². The maximum absolute atomic E-state index is 3.93. The van der Waals surface area contributed by atoms with Crippen LogP contribution in [0.1, 0.15) is 23.1 Å². The molecular formula is C54H42N2. The van der Waals surface area contributed by atoms with Crippen LogP contribution in [0.15, 0.2) is 218 Å². The van der Waals surface area contributed by atoms with Crippen molar-refractivity contribution in [1.82, 2.24) is 0 Å². The van der Waals surface area contributed by atoms with Gasteiger partial charge in [-0.3, -0.25) is 0 Å². The Kier molecular flexibility index (Phi) is 9.68. The first kappa shape index (κ1) is 34.6. The Morgan fingerprint density at radius 1 is 0.482 bits per heavy atom. The normalized spacial score (nSPS) is 13.3. The molecule has 0 saturated carbocycles. The molecule has 268 valence electrons. The number of fused-ring (bicyclic) bond motifs is 3. The summed E-state index contributed by atoms with van der Waals surface area (Å²) >= 11 is 0. The van der Waals surface area contributed by atoms with Crippen molar-refractivity contribution in [2.75, 3.05) is 10.6 Å². The lowest BCUT2D eigenvalue weighted by atomic mass is 9.81. The molecule has 0 radical (unpaired) electrons. The van der Waals surface area contributed by atoms with Crippen LogP contribution in [0.5, 0.6) is 0 Å². The van der Waals surface area contributed by atoms with E-state index < -0.39 is 0 Å². The summed E-state index contributed by atoms with van der Waals surface area (Å²) in [5.74, 6) is 0. The van der Waals surface area contributed by atoms with Crippen LogP contribution in [-0.4, -0.2) is 0 Å². The highest BCUT2D eigenvalue weighted by Gasteiger charge is 2.20. The van der Waals surface area contributed by atoms with E-state index in [1.54, 1.807) is 0 Å². The minimum Gasteiger partial charge on any atom is -0.379 e. The molecule has 0 unspecified atom stereocenters. The van der Waals surface area contributed by atoms with E-state index in [4.69, 9.17) is 0 Å². The zero-order chi connectivity index (χ0) is 37.7. The van der Waals surface area contributed by atoms with E-state index in [-0.39, 0.29) is 0 Å². The average Bonchev–Trinajstić information content (AvgIpc) is 3.26. The number of anilines is 3. The zero-order valence-corrected chi connectivity index (χ0v) is 31.3. The fourth-order valence-electron chi connectivity index (χ4n) is 7.89. The maximum Gasteiger partial charge on any atom is 0.0620 e. The average molecular weight is 719 g/mol. The molecule has 0 heterocycles. The summed E-state index contributed by atoms with van der Waals surface area (Å²) in [5, 5.41) is 14.7. The van der Waals surface area contributed by atoms with Gasteiger partial charge in [-0.05, 0) is 125 Å². The minimum atomic E-state index is 0.720. The van der Waals surface area contributed by atoms with E-state index in [1.807, 2.05) is 30.4 Å². The lowest BCUT2D eigenvalue weighted by Crippen LogP contribution is -2.34. The second-order valence-electron chi connectivity index (χ2n) is 14.3. The van der Waals surface area contributed by atoms with Gasteiger partial charge in [0.05, 0.1) is 11.4 Å². The van der Waals surface area contributed by atoms with Gasteiger partial charge in [0.25, 0.3) is 0 Å². The maximum atomic E-state index is 3.93. The number of benzene rings is 8. The molecule has 2 heteroatoms. The molecule has 0 aliphatic heterocycles. The number of nitrogens with one attached hydrogen (secondary N) is 2. The summed E-state index contributed by atoms with van der Waals surface area (Å²) in [6.07, 6.45) is 9.05. The summed E-state index contributed by atoms with van der Waals surface area (Å²) < 4.78 is 0. The topological polar surface area (TPSA) is 24.1 Å². The Morgan fingerprint density at radius 2 is 1.09 bits per heavy atom. The number of para-hydroxylation sites is 3. The molecule has 0 atom stereocenters. The summed E-state index contributed by atoms with van der Waals surface area (Å²) in [5.41, 5.74) is 13.2.